The highest BCUT2D eigenvalue weighted by Gasteiger charge is 2.13. The van der Waals surface area contributed by atoms with Crippen molar-refractivity contribution in [1.82, 2.24) is 19.3 Å². The van der Waals surface area contributed by atoms with Gasteiger partial charge < -0.3 is 11.1 Å². The molecule has 0 radical (unpaired) electrons. The Hall–Kier alpha value is -3.16. The van der Waals surface area contributed by atoms with Crippen molar-refractivity contribution in [2.45, 2.75) is 4.90 Å². The molecule has 3 rings (SSSR count). The molecule has 122 valence electrons. The summed E-state index contributed by atoms with van der Waals surface area (Å²) in [5, 5.41) is 16.3. The molecule has 1 aromatic carbocycles. The van der Waals surface area contributed by atoms with E-state index in [1.54, 1.807) is 18.2 Å². The van der Waals surface area contributed by atoms with Gasteiger partial charge in [0.15, 0.2) is 17.2 Å². The van der Waals surface area contributed by atoms with Gasteiger partial charge in [0.05, 0.1) is 16.8 Å². The first kappa shape index (κ1) is 15.7. The van der Waals surface area contributed by atoms with E-state index in [0.29, 0.717) is 22.8 Å². The number of benzene rings is 1. The summed E-state index contributed by atoms with van der Waals surface area (Å²) in [7, 11) is -2.21. The Morgan fingerprint density at radius 3 is 2.83 bits per heavy atom. The second-order valence-corrected chi connectivity index (χ2v) is 6.72. The van der Waals surface area contributed by atoms with Crippen LogP contribution in [0.1, 0.15) is 5.69 Å². The Morgan fingerprint density at radius 2 is 2.12 bits per heavy atom. The summed E-state index contributed by atoms with van der Waals surface area (Å²) in [5.74, 6) is 0.355. The Morgan fingerprint density at radius 1 is 1.33 bits per heavy atom. The summed E-state index contributed by atoms with van der Waals surface area (Å²) in [4.78, 5) is 4.15. The van der Waals surface area contributed by atoms with E-state index in [1.165, 1.54) is 29.9 Å². The fourth-order valence-corrected chi connectivity index (χ4v) is 2.91. The summed E-state index contributed by atoms with van der Waals surface area (Å²) in [6, 6.07) is 9.77. The number of nitriles is 1. The monoisotopic (exact) mass is 343 g/mol. The van der Waals surface area contributed by atoms with Gasteiger partial charge in [-0.3, -0.25) is 0 Å². The largest absolute Gasteiger partial charge is 0.396 e. The predicted molar refractivity (Wildman–Crippen MR) is 88.1 cm³/mol. The number of hydrogen-bond donors (Lipinski definition) is 3. The van der Waals surface area contributed by atoms with Crippen molar-refractivity contribution in [2.24, 2.45) is 0 Å². The van der Waals surface area contributed by atoms with Crippen molar-refractivity contribution >= 4 is 32.9 Å². The van der Waals surface area contributed by atoms with Gasteiger partial charge in [-0.25, -0.2) is 18.1 Å². The van der Waals surface area contributed by atoms with Crippen LogP contribution in [0.25, 0.3) is 5.65 Å². The molecule has 0 saturated carbocycles. The normalized spacial score (nSPS) is 11.3. The first-order chi connectivity index (χ1) is 11.4. The average molecular weight is 343 g/mol. The van der Waals surface area contributed by atoms with Crippen LogP contribution >= 0.6 is 0 Å². The van der Waals surface area contributed by atoms with Gasteiger partial charge in [-0.15, -0.1) is 5.10 Å². The lowest BCUT2D eigenvalue weighted by Gasteiger charge is -2.09. The van der Waals surface area contributed by atoms with Crippen LogP contribution in [-0.2, 0) is 10.0 Å². The maximum absolute atomic E-state index is 11.9. The van der Waals surface area contributed by atoms with Crippen LogP contribution in [0.15, 0.2) is 41.4 Å². The lowest BCUT2D eigenvalue weighted by Crippen LogP contribution is -2.18. The number of anilines is 3. The third kappa shape index (κ3) is 2.73. The summed E-state index contributed by atoms with van der Waals surface area (Å²) in [6.07, 6.45) is 1.38. The van der Waals surface area contributed by atoms with Crippen molar-refractivity contribution in [2.75, 3.05) is 18.1 Å². The molecule has 3 aromatic rings. The van der Waals surface area contributed by atoms with E-state index in [0.717, 1.165) is 0 Å². The molecule has 4 N–H and O–H groups in total. The van der Waals surface area contributed by atoms with Crippen LogP contribution in [-0.4, -0.2) is 30.1 Å². The molecule has 9 nitrogen and oxygen atoms in total. The third-order valence-electron chi connectivity index (χ3n) is 3.30. The molecule has 0 aliphatic carbocycles. The third-order valence-corrected chi connectivity index (χ3v) is 4.71. The van der Waals surface area contributed by atoms with E-state index < -0.39 is 10.0 Å². The number of hydrogen-bond acceptors (Lipinski definition) is 7. The zero-order valence-electron chi connectivity index (χ0n) is 12.6. The molecule has 0 atom stereocenters. The number of nitrogen functional groups attached to an aromatic ring is 1. The SMILES string of the molecule is CNS(=O)(=O)c1cccc(Nc2cc(N)c3ncc(C#N)n3n2)c1. The van der Waals surface area contributed by atoms with Gasteiger partial charge in [0, 0.05) is 11.8 Å². The van der Waals surface area contributed by atoms with Gasteiger partial charge >= 0.3 is 0 Å². The molecule has 0 fully saturated rings. The number of rotatable bonds is 4. The molecule has 0 amide bonds. The van der Waals surface area contributed by atoms with Crippen molar-refractivity contribution in [3.63, 3.8) is 0 Å². The number of nitrogens with zero attached hydrogens (tertiary/aromatic N) is 4. The van der Waals surface area contributed by atoms with E-state index in [9.17, 15) is 8.42 Å². The standard InChI is InChI=1S/C14H13N7O2S/c1-17-24(22,23)11-4-2-3-9(5-11)19-13-6-12(16)14-18-8-10(7-15)21(14)20-13/h2-6,8,17H,16H2,1H3,(H,19,20). The van der Waals surface area contributed by atoms with Crippen LogP contribution in [0.5, 0.6) is 0 Å². The summed E-state index contributed by atoms with van der Waals surface area (Å²) >= 11 is 0. The fourth-order valence-electron chi connectivity index (χ4n) is 2.14. The molecule has 0 saturated heterocycles. The fraction of sp³-hybridized carbons (Fsp3) is 0.0714. The zero-order valence-corrected chi connectivity index (χ0v) is 13.4. The minimum atomic E-state index is -3.55. The Labute approximate surface area is 137 Å². The molecule has 0 bridgehead atoms. The Balaban J connectivity index is 2.02. The van der Waals surface area contributed by atoms with Gasteiger partial charge in [-0.1, -0.05) is 6.07 Å². The highest BCUT2D eigenvalue weighted by Crippen LogP contribution is 2.22. The van der Waals surface area contributed by atoms with E-state index in [4.69, 9.17) is 11.0 Å². The molecule has 0 spiro atoms. The molecular weight excluding hydrogens is 330 g/mol. The molecule has 24 heavy (non-hydrogen) atoms. The highest BCUT2D eigenvalue weighted by atomic mass is 32.2. The van der Waals surface area contributed by atoms with Crippen LogP contribution in [0, 0.1) is 11.3 Å². The second-order valence-electron chi connectivity index (χ2n) is 4.84. The molecule has 0 aliphatic rings. The number of nitrogens with two attached hydrogens (primary N) is 1. The van der Waals surface area contributed by atoms with E-state index in [1.807, 2.05) is 6.07 Å². The lowest BCUT2D eigenvalue weighted by molar-refractivity contribution is 0.588. The highest BCUT2D eigenvalue weighted by molar-refractivity contribution is 7.89. The molecule has 2 aromatic heterocycles. The van der Waals surface area contributed by atoms with Crippen molar-refractivity contribution in [1.29, 1.82) is 5.26 Å². The first-order valence-corrected chi connectivity index (χ1v) is 8.28. The minimum Gasteiger partial charge on any atom is -0.396 e. The molecule has 2 heterocycles. The maximum atomic E-state index is 11.9. The van der Waals surface area contributed by atoms with Gasteiger partial charge in [0.1, 0.15) is 6.07 Å². The first-order valence-electron chi connectivity index (χ1n) is 6.79. The van der Waals surface area contributed by atoms with Crippen LogP contribution in [0.4, 0.5) is 17.2 Å². The summed E-state index contributed by atoms with van der Waals surface area (Å²) in [6.45, 7) is 0. The molecular formula is C14H13N7O2S. The summed E-state index contributed by atoms with van der Waals surface area (Å²) < 4.78 is 27.3. The second kappa shape index (κ2) is 5.80. The average Bonchev–Trinajstić information content (AvgIpc) is 2.98. The van der Waals surface area contributed by atoms with Crippen LogP contribution < -0.4 is 15.8 Å². The van der Waals surface area contributed by atoms with E-state index >= 15 is 0 Å². The van der Waals surface area contributed by atoms with Crippen molar-refractivity contribution < 1.29 is 8.42 Å². The molecule has 0 aliphatic heterocycles. The predicted octanol–water partition coefficient (Wildman–Crippen LogP) is 0.835. The Kier molecular flexibility index (Phi) is 3.80. The van der Waals surface area contributed by atoms with E-state index in [-0.39, 0.29) is 10.6 Å². The van der Waals surface area contributed by atoms with Crippen molar-refractivity contribution in [3.05, 3.63) is 42.2 Å². The van der Waals surface area contributed by atoms with E-state index in [2.05, 4.69) is 20.1 Å². The zero-order chi connectivity index (χ0) is 17.3. The quantitative estimate of drug-likeness (QED) is 0.638. The number of aromatic nitrogens is 3. The summed E-state index contributed by atoms with van der Waals surface area (Å²) in [5.41, 5.74) is 7.39. The molecule has 0 unspecified atom stereocenters. The topological polar surface area (TPSA) is 138 Å². The maximum Gasteiger partial charge on any atom is 0.240 e. The number of fused-ring (bicyclic) bond motifs is 1. The Bertz CT molecular complexity index is 1070. The number of nitrogens with one attached hydrogen (secondary N) is 2. The minimum absolute atomic E-state index is 0.115. The van der Waals surface area contributed by atoms with Crippen molar-refractivity contribution in [3.8, 4) is 6.07 Å². The number of sulfonamides is 1. The lowest BCUT2D eigenvalue weighted by atomic mass is 10.3. The van der Waals surface area contributed by atoms with Gasteiger partial charge in [0.2, 0.25) is 10.0 Å². The van der Waals surface area contributed by atoms with Crippen LogP contribution in [0.3, 0.4) is 0 Å². The van der Waals surface area contributed by atoms with Gasteiger partial charge in [0.25, 0.3) is 0 Å². The van der Waals surface area contributed by atoms with Gasteiger partial charge in [-0.2, -0.15) is 9.78 Å². The van der Waals surface area contributed by atoms with Crippen LogP contribution in [0.2, 0.25) is 0 Å². The molecule has 10 heteroatoms. The number of imidazole rings is 1. The smallest absolute Gasteiger partial charge is 0.240 e. The van der Waals surface area contributed by atoms with Gasteiger partial charge in [-0.05, 0) is 25.2 Å².